The van der Waals surface area contributed by atoms with Crippen molar-refractivity contribution in [2.24, 2.45) is 0 Å². The molecular formula is C6H10ClNO4S. The Morgan fingerprint density at radius 3 is 2.38 bits per heavy atom. The van der Waals surface area contributed by atoms with Crippen molar-refractivity contribution >= 4 is 25.6 Å². The van der Waals surface area contributed by atoms with Crippen LogP contribution in [0.25, 0.3) is 0 Å². The molecule has 0 radical (unpaired) electrons. The van der Waals surface area contributed by atoms with Crippen LogP contribution in [0.1, 0.15) is 0 Å². The molecule has 0 aromatic carbocycles. The van der Waals surface area contributed by atoms with Crippen LogP contribution in [0, 0.1) is 0 Å². The summed E-state index contributed by atoms with van der Waals surface area (Å²) in [5, 5.41) is 0. The Bertz CT molecular complexity index is 283. The zero-order valence-corrected chi connectivity index (χ0v) is 8.47. The predicted molar refractivity (Wildman–Crippen MR) is 47.0 cm³/mol. The third-order valence-electron chi connectivity index (χ3n) is 1.66. The minimum absolute atomic E-state index is 0.436. The van der Waals surface area contributed by atoms with Crippen molar-refractivity contribution in [1.29, 1.82) is 0 Å². The van der Waals surface area contributed by atoms with Crippen LogP contribution < -0.4 is 0 Å². The first-order valence-corrected chi connectivity index (χ1v) is 6.25. The van der Waals surface area contributed by atoms with E-state index >= 15 is 0 Å². The van der Waals surface area contributed by atoms with Gasteiger partial charge in [0.25, 0.3) is 0 Å². The summed E-state index contributed by atoms with van der Waals surface area (Å²) in [5.74, 6) is -1.09. The zero-order chi connectivity index (χ0) is 9.90. The third-order valence-corrected chi connectivity index (χ3v) is 2.58. The maximum Gasteiger partial charge on any atom is 0.241 e. The highest BCUT2D eigenvalue weighted by atomic mass is 35.7. The molecule has 0 atom stereocenters. The summed E-state index contributed by atoms with van der Waals surface area (Å²) in [6.45, 7) is 1.78. The molecule has 13 heavy (non-hydrogen) atoms. The van der Waals surface area contributed by atoms with E-state index in [4.69, 9.17) is 15.4 Å². The zero-order valence-electron chi connectivity index (χ0n) is 6.90. The van der Waals surface area contributed by atoms with Gasteiger partial charge in [-0.1, -0.05) is 0 Å². The number of carbonyl (C=O) groups excluding carboxylic acids is 1. The molecule has 76 valence electrons. The molecule has 0 bridgehead atoms. The third kappa shape index (κ3) is 3.93. The highest BCUT2D eigenvalue weighted by Crippen LogP contribution is 2.02. The molecule has 1 heterocycles. The molecule has 1 aliphatic rings. The van der Waals surface area contributed by atoms with E-state index in [2.05, 4.69) is 0 Å². The maximum atomic E-state index is 11.2. The molecule has 0 N–H and O–H groups in total. The lowest BCUT2D eigenvalue weighted by Crippen LogP contribution is -2.42. The summed E-state index contributed by atoms with van der Waals surface area (Å²) >= 11 is 0. The van der Waals surface area contributed by atoms with Crippen molar-refractivity contribution in [3.63, 3.8) is 0 Å². The molecule has 1 aliphatic heterocycles. The fraction of sp³-hybridized carbons (Fsp3) is 0.833. The number of rotatable bonds is 2. The molecule has 1 fully saturated rings. The first kappa shape index (κ1) is 10.7. The fourth-order valence-corrected chi connectivity index (χ4v) is 1.81. The average Bonchev–Trinajstić information content (AvgIpc) is 2.03. The number of nitrogens with zero attached hydrogens (tertiary/aromatic N) is 1. The van der Waals surface area contributed by atoms with Gasteiger partial charge < -0.3 is 9.64 Å². The second kappa shape index (κ2) is 4.26. The smallest absolute Gasteiger partial charge is 0.241 e. The van der Waals surface area contributed by atoms with E-state index < -0.39 is 20.7 Å². The molecular weight excluding hydrogens is 218 g/mol. The van der Waals surface area contributed by atoms with Crippen LogP contribution in [0.3, 0.4) is 0 Å². The van der Waals surface area contributed by atoms with Gasteiger partial charge in [0.1, 0.15) is 5.75 Å². The molecule has 1 saturated heterocycles. The van der Waals surface area contributed by atoms with E-state index in [0.29, 0.717) is 26.3 Å². The van der Waals surface area contributed by atoms with Crippen LogP contribution in [0.5, 0.6) is 0 Å². The van der Waals surface area contributed by atoms with Gasteiger partial charge >= 0.3 is 0 Å². The number of ether oxygens (including phenoxy) is 1. The first-order chi connectivity index (χ1) is 5.99. The van der Waals surface area contributed by atoms with Gasteiger partial charge in [-0.2, -0.15) is 0 Å². The lowest BCUT2D eigenvalue weighted by atomic mass is 10.4. The number of carbonyl (C=O) groups is 1. The standard InChI is InChI=1S/C6H10ClNO4S/c7-13(10,11)5-6(9)8-1-3-12-4-2-8/h1-5H2. The van der Waals surface area contributed by atoms with Crippen molar-refractivity contribution < 1.29 is 17.9 Å². The molecule has 0 unspecified atom stereocenters. The maximum absolute atomic E-state index is 11.2. The molecule has 5 nitrogen and oxygen atoms in total. The van der Waals surface area contributed by atoms with Crippen molar-refractivity contribution in [2.45, 2.75) is 0 Å². The van der Waals surface area contributed by atoms with Crippen LogP contribution >= 0.6 is 10.7 Å². The van der Waals surface area contributed by atoms with E-state index in [1.54, 1.807) is 0 Å². The topological polar surface area (TPSA) is 63.7 Å². The molecule has 0 aliphatic carbocycles. The Morgan fingerprint density at radius 1 is 1.38 bits per heavy atom. The summed E-state index contributed by atoms with van der Waals surface area (Å²) in [4.78, 5) is 12.7. The summed E-state index contributed by atoms with van der Waals surface area (Å²) in [7, 11) is 1.21. The Labute approximate surface area is 81.0 Å². The quantitative estimate of drug-likeness (QED) is 0.592. The lowest BCUT2D eigenvalue weighted by Gasteiger charge is -2.26. The van der Waals surface area contributed by atoms with Gasteiger partial charge in [0, 0.05) is 23.8 Å². The predicted octanol–water partition coefficient (Wildman–Crippen LogP) is -0.586. The second-order valence-electron chi connectivity index (χ2n) is 2.68. The monoisotopic (exact) mass is 227 g/mol. The molecule has 0 aromatic rings. The normalized spacial score (nSPS) is 18.7. The summed E-state index contributed by atoms with van der Waals surface area (Å²) in [6, 6.07) is 0. The first-order valence-electron chi connectivity index (χ1n) is 3.77. The molecule has 1 amide bonds. The molecule has 0 aromatic heterocycles. The molecule has 0 saturated carbocycles. The summed E-state index contributed by atoms with van der Waals surface area (Å²) < 4.78 is 26.1. The number of hydrogen-bond donors (Lipinski definition) is 0. The minimum atomic E-state index is -3.73. The van der Waals surface area contributed by atoms with Crippen molar-refractivity contribution in [1.82, 2.24) is 4.90 Å². The molecule has 1 rings (SSSR count). The number of morpholine rings is 1. The second-order valence-corrected chi connectivity index (χ2v) is 5.45. The minimum Gasteiger partial charge on any atom is -0.378 e. The van der Waals surface area contributed by atoms with Crippen LogP contribution in [-0.2, 0) is 18.6 Å². The Kier molecular flexibility index (Phi) is 3.52. The fourth-order valence-electron chi connectivity index (χ4n) is 1.05. The van der Waals surface area contributed by atoms with E-state index in [1.165, 1.54) is 4.90 Å². The van der Waals surface area contributed by atoms with Gasteiger partial charge in [-0.25, -0.2) is 8.42 Å². The van der Waals surface area contributed by atoms with E-state index in [-0.39, 0.29) is 0 Å². The highest BCUT2D eigenvalue weighted by Gasteiger charge is 2.21. The van der Waals surface area contributed by atoms with Gasteiger partial charge in [0.15, 0.2) is 0 Å². The average molecular weight is 228 g/mol. The summed E-state index contributed by atoms with van der Waals surface area (Å²) in [5.41, 5.74) is 0. The van der Waals surface area contributed by atoms with Gasteiger partial charge in [-0.3, -0.25) is 4.79 Å². The summed E-state index contributed by atoms with van der Waals surface area (Å²) in [6.07, 6.45) is 0. The van der Waals surface area contributed by atoms with E-state index in [9.17, 15) is 13.2 Å². The van der Waals surface area contributed by atoms with Gasteiger partial charge in [0.2, 0.25) is 15.0 Å². The van der Waals surface area contributed by atoms with Gasteiger partial charge in [0.05, 0.1) is 13.2 Å². The highest BCUT2D eigenvalue weighted by molar-refractivity contribution is 8.14. The van der Waals surface area contributed by atoms with Gasteiger partial charge in [-0.05, 0) is 0 Å². The molecule has 0 spiro atoms. The SMILES string of the molecule is O=C(CS(=O)(=O)Cl)N1CCOCC1. The lowest BCUT2D eigenvalue weighted by molar-refractivity contribution is -0.132. The van der Waals surface area contributed by atoms with Crippen LogP contribution in [0.2, 0.25) is 0 Å². The van der Waals surface area contributed by atoms with Crippen molar-refractivity contribution in [3.8, 4) is 0 Å². The van der Waals surface area contributed by atoms with Crippen LogP contribution in [0.15, 0.2) is 0 Å². The largest absolute Gasteiger partial charge is 0.378 e. The Balaban J connectivity index is 2.47. The Hall–Kier alpha value is -0.330. The van der Waals surface area contributed by atoms with Crippen LogP contribution in [-0.4, -0.2) is 51.3 Å². The number of hydrogen-bond acceptors (Lipinski definition) is 4. The number of amides is 1. The van der Waals surface area contributed by atoms with E-state index in [1.807, 2.05) is 0 Å². The van der Waals surface area contributed by atoms with E-state index in [0.717, 1.165) is 0 Å². The molecule has 7 heteroatoms. The van der Waals surface area contributed by atoms with Gasteiger partial charge in [-0.15, -0.1) is 0 Å². The number of halogens is 1. The van der Waals surface area contributed by atoms with Crippen molar-refractivity contribution in [3.05, 3.63) is 0 Å². The van der Waals surface area contributed by atoms with Crippen molar-refractivity contribution in [2.75, 3.05) is 32.1 Å². The Morgan fingerprint density at radius 2 is 1.92 bits per heavy atom. The van der Waals surface area contributed by atoms with Crippen LogP contribution in [0.4, 0.5) is 0 Å².